The number of hydrogen-bond donors (Lipinski definition) is 2. The first-order valence-corrected chi connectivity index (χ1v) is 11.7. The van der Waals surface area contributed by atoms with Crippen LogP contribution in [-0.4, -0.2) is 76.8 Å². The van der Waals surface area contributed by atoms with E-state index >= 15 is 0 Å². The Morgan fingerprint density at radius 1 is 1.03 bits per heavy atom. The van der Waals surface area contributed by atoms with Crippen molar-refractivity contribution in [1.29, 1.82) is 0 Å². The molecule has 2 N–H and O–H groups in total. The number of nitrogens with one attached hydrogen (secondary N) is 2. The van der Waals surface area contributed by atoms with Crippen LogP contribution in [0.4, 0.5) is 4.79 Å². The molecule has 0 atom stereocenters. The van der Waals surface area contributed by atoms with Gasteiger partial charge in [0.15, 0.2) is 0 Å². The molecule has 9 heteroatoms. The zero-order valence-electron chi connectivity index (χ0n) is 19.6. The molecule has 0 unspecified atom stereocenters. The number of nitrogens with zero attached hydrogens (tertiary/aromatic N) is 3. The molecule has 5 amide bonds. The van der Waals surface area contributed by atoms with Crippen molar-refractivity contribution < 1.29 is 19.2 Å². The average Bonchev–Trinajstić information content (AvgIpc) is 2.99. The van der Waals surface area contributed by atoms with Gasteiger partial charge in [0.1, 0.15) is 5.54 Å². The van der Waals surface area contributed by atoms with E-state index in [-0.39, 0.29) is 18.4 Å². The molecule has 1 aliphatic carbocycles. The molecule has 33 heavy (non-hydrogen) atoms. The average molecular weight is 456 g/mol. The normalized spacial score (nSPS) is 26.0. The lowest BCUT2D eigenvalue weighted by molar-refractivity contribution is -0.140. The van der Waals surface area contributed by atoms with E-state index in [1.54, 1.807) is 4.90 Å². The van der Waals surface area contributed by atoms with Gasteiger partial charge < -0.3 is 10.2 Å². The van der Waals surface area contributed by atoms with Gasteiger partial charge in [-0.3, -0.25) is 24.7 Å². The van der Waals surface area contributed by atoms with Crippen molar-refractivity contribution in [1.82, 2.24) is 25.6 Å². The number of carbonyl (C=O) groups excluding carboxylic acids is 4. The highest BCUT2D eigenvalue weighted by Crippen LogP contribution is 2.35. The van der Waals surface area contributed by atoms with Crippen molar-refractivity contribution in [3.63, 3.8) is 0 Å². The molecule has 0 aromatic heterocycles. The number of piperazine rings is 1. The van der Waals surface area contributed by atoms with Crippen LogP contribution in [0.3, 0.4) is 0 Å². The van der Waals surface area contributed by atoms with E-state index in [0.29, 0.717) is 50.5 Å². The highest BCUT2D eigenvalue weighted by molar-refractivity contribution is 6.08. The summed E-state index contributed by atoms with van der Waals surface area (Å²) < 4.78 is 0. The lowest BCUT2D eigenvalue weighted by atomic mass is 9.77. The molecule has 2 aliphatic heterocycles. The van der Waals surface area contributed by atoms with Gasteiger partial charge in [0.25, 0.3) is 17.7 Å². The van der Waals surface area contributed by atoms with Crippen LogP contribution in [0.2, 0.25) is 0 Å². The van der Waals surface area contributed by atoms with Gasteiger partial charge in [-0.05, 0) is 57.6 Å². The molecule has 0 radical (unpaired) electrons. The molecule has 2 heterocycles. The topological polar surface area (TPSA) is 102 Å². The zero-order chi connectivity index (χ0) is 23.8. The Bertz CT molecular complexity index is 941. The molecule has 9 nitrogen and oxygen atoms in total. The third kappa shape index (κ3) is 4.88. The van der Waals surface area contributed by atoms with Crippen molar-refractivity contribution >= 4 is 23.8 Å². The SMILES string of the molecule is Cc1cc(C)cc(C(=O)N2CCN(CC(=O)NN3C(=O)NC4(CCC(C)CC4)C3=O)CC2)c1. The second-order valence-electron chi connectivity index (χ2n) is 9.82. The van der Waals surface area contributed by atoms with E-state index in [0.717, 1.165) is 29.0 Å². The third-order valence-corrected chi connectivity index (χ3v) is 7.02. The summed E-state index contributed by atoms with van der Waals surface area (Å²) in [6.07, 6.45) is 2.95. The zero-order valence-corrected chi connectivity index (χ0v) is 19.6. The smallest absolute Gasteiger partial charge is 0.336 e. The van der Waals surface area contributed by atoms with Crippen LogP contribution in [-0.2, 0) is 9.59 Å². The number of urea groups is 1. The minimum Gasteiger partial charge on any atom is -0.336 e. The summed E-state index contributed by atoms with van der Waals surface area (Å²) in [5.41, 5.74) is 4.41. The number of rotatable bonds is 4. The molecular weight excluding hydrogens is 422 g/mol. The molecule has 1 aromatic carbocycles. The molecule has 178 valence electrons. The van der Waals surface area contributed by atoms with Crippen LogP contribution in [0.5, 0.6) is 0 Å². The van der Waals surface area contributed by atoms with Crippen LogP contribution >= 0.6 is 0 Å². The number of hydrogen-bond acceptors (Lipinski definition) is 5. The van der Waals surface area contributed by atoms with Gasteiger partial charge in [0.2, 0.25) is 0 Å². The van der Waals surface area contributed by atoms with Crippen molar-refractivity contribution in [2.75, 3.05) is 32.7 Å². The Morgan fingerprint density at radius 3 is 2.24 bits per heavy atom. The third-order valence-electron chi connectivity index (χ3n) is 7.02. The summed E-state index contributed by atoms with van der Waals surface area (Å²) in [4.78, 5) is 54.4. The minimum absolute atomic E-state index is 0.00247. The Hall–Kier alpha value is -2.94. The first-order valence-electron chi connectivity index (χ1n) is 11.7. The van der Waals surface area contributed by atoms with E-state index in [2.05, 4.69) is 17.7 Å². The Balaban J connectivity index is 1.28. The molecule has 1 saturated carbocycles. The van der Waals surface area contributed by atoms with Crippen molar-refractivity contribution in [3.05, 3.63) is 34.9 Å². The van der Waals surface area contributed by atoms with Crippen molar-refractivity contribution in [2.45, 2.75) is 52.0 Å². The van der Waals surface area contributed by atoms with Gasteiger partial charge in [0.05, 0.1) is 6.54 Å². The highest BCUT2D eigenvalue weighted by atomic mass is 16.2. The standard InChI is InChI=1S/C24H33N5O4/c1-16-4-6-24(7-5-16)22(32)29(23(33)25-24)26-20(30)15-27-8-10-28(11-9-27)21(31)19-13-17(2)12-18(3)14-19/h12-14,16H,4-11,15H2,1-3H3,(H,25,33)(H,26,30). The predicted molar refractivity (Wildman–Crippen MR) is 122 cm³/mol. The summed E-state index contributed by atoms with van der Waals surface area (Å²) in [6, 6.07) is 5.27. The maximum absolute atomic E-state index is 12.9. The molecule has 0 bridgehead atoms. The lowest BCUT2D eigenvalue weighted by Gasteiger charge is -2.35. The number of imide groups is 1. The molecular formula is C24H33N5O4. The van der Waals surface area contributed by atoms with Crippen LogP contribution in [0.1, 0.15) is 54.1 Å². The van der Waals surface area contributed by atoms with Gasteiger partial charge in [-0.15, -0.1) is 0 Å². The van der Waals surface area contributed by atoms with Crippen LogP contribution in [0, 0.1) is 19.8 Å². The highest BCUT2D eigenvalue weighted by Gasteiger charge is 2.52. The summed E-state index contributed by atoms with van der Waals surface area (Å²) in [5, 5.41) is 3.65. The van der Waals surface area contributed by atoms with Crippen molar-refractivity contribution in [2.24, 2.45) is 5.92 Å². The first kappa shape index (κ1) is 23.2. The summed E-state index contributed by atoms with van der Waals surface area (Å²) >= 11 is 0. The van der Waals surface area contributed by atoms with E-state index in [1.807, 2.05) is 36.9 Å². The summed E-state index contributed by atoms with van der Waals surface area (Å²) in [5.74, 6) is -0.243. The van der Waals surface area contributed by atoms with Gasteiger partial charge >= 0.3 is 6.03 Å². The monoisotopic (exact) mass is 455 g/mol. The molecule has 2 saturated heterocycles. The minimum atomic E-state index is -0.878. The van der Waals surface area contributed by atoms with Gasteiger partial charge in [-0.1, -0.05) is 24.1 Å². The van der Waals surface area contributed by atoms with Crippen molar-refractivity contribution in [3.8, 4) is 0 Å². The van der Waals surface area contributed by atoms with E-state index < -0.39 is 17.5 Å². The molecule has 1 aromatic rings. The molecule has 4 rings (SSSR count). The Kier molecular flexibility index (Phi) is 6.43. The lowest BCUT2D eigenvalue weighted by Crippen LogP contribution is -2.55. The fourth-order valence-corrected chi connectivity index (χ4v) is 5.07. The van der Waals surface area contributed by atoms with Crippen LogP contribution in [0.25, 0.3) is 0 Å². The number of hydrazine groups is 1. The number of benzene rings is 1. The predicted octanol–water partition coefficient (Wildman–Crippen LogP) is 1.59. The Morgan fingerprint density at radius 2 is 1.64 bits per heavy atom. The fourth-order valence-electron chi connectivity index (χ4n) is 5.07. The maximum atomic E-state index is 12.9. The van der Waals surface area contributed by atoms with E-state index in [9.17, 15) is 19.2 Å². The molecule has 3 aliphatic rings. The van der Waals surface area contributed by atoms with Crippen LogP contribution in [0.15, 0.2) is 18.2 Å². The quantitative estimate of drug-likeness (QED) is 0.672. The summed E-state index contributed by atoms with van der Waals surface area (Å²) in [6.45, 7) is 8.28. The number of amides is 5. The second-order valence-corrected chi connectivity index (χ2v) is 9.82. The molecule has 3 fully saturated rings. The maximum Gasteiger partial charge on any atom is 0.344 e. The Labute approximate surface area is 194 Å². The number of carbonyl (C=O) groups is 4. The van der Waals surface area contributed by atoms with Crippen LogP contribution < -0.4 is 10.7 Å². The van der Waals surface area contributed by atoms with Gasteiger partial charge in [0, 0.05) is 31.7 Å². The first-order chi connectivity index (χ1) is 15.7. The number of aryl methyl sites for hydroxylation is 2. The second kappa shape index (κ2) is 9.13. The largest absolute Gasteiger partial charge is 0.344 e. The molecule has 1 spiro atoms. The van der Waals surface area contributed by atoms with E-state index in [1.165, 1.54) is 0 Å². The van der Waals surface area contributed by atoms with Gasteiger partial charge in [-0.2, -0.15) is 5.01 Å². The van der Waals surface area contributed by atoms with E-state index in [4.69, 9.17) is 0 Å². The summed E-state index contributed by atoms with van der Waals surface area (Å²) in [7, 11) is 0. The van der Waals surface area contributed by atoms with Gasteiger partial charge in [-0.25, -0.2) is 4.79 Å². The fraction of sp³-hybridized carbons (Fsp3) is 0.583.